The van der Waals surface area contributed by atoms with Gasteiger partial charge < -0.3 is 24.9 Å². The molecule has 1 aromatic carbocycles. The second-order valence-corrected chi connectivity index (χ2v) is 9.91. The molecule has 0 fully saturated rings. The van der Waals surface area contributed by atoms with Crippen molar-refractivity contribution in [3.8, 4) is 22.6 Å². The number of nitrogens with zero attached hydrogens (tertiary/aromatic N) is 3. The van der Waals surface area contributed by atoms with Gasteiger partial charge in [0, 0.05) is 23.7 Å². The van der Waals surface area contributed by atoms with Crippen LogP contribution in [0, 0.1) is 6.92 Å². The van der Waals surface area contributed by atoms with Crippen LogP contribution in [0.3, 0.4) is 0 Å². The molecule has 0 radical (unpaired) electrons. The molecule has 0 aliphatic rings. The highest BCUT2D eigenvalue weighted by Gasteiger charge is 2.27. The van der Waals surface area contributed by atoms with Gasteiger partial charge in [-0.25, -0.2) is 13.8 Å². The topological polar surface area (TPSA) is 134 Å². The molecule has 0 spiro atoms. The average Bonchev–Trinajstić information content (AvgIpc) is 3.68. The molecule has 5 aromatic rings. The van der Waals surface area contributed by atoms with E-state index in [0.29, 0.717) is 46.0 Å². The Hall–Kier alpha value is -4.78. The third kappa shape index (κ3) is 5.61. The lowest BCUT2D eigenvalue weighted by atomic mass is 10.0. The molecule has 0 aliphatic carbocycles. The SMILES string of the molecule is CCn1cc(-c2cc(C(F)F)nc3sc(C(N)=O)c(NC(=O)c4ccc(COc5ccc(OC)cc5)o4)c23)c(C)n1. The number of thiophene rings is 1. The number of pyridine rings is 1. The number of nitrogens with two attached hydrogens (primary N) is 1. The highest BCUT2D eigenvalue weighted by molar-refractivity contribution is 7.21. The Morgan fingerprint density at radius 2 is 1.88 bits per heavy atom. The van der Waals surface area contributed by atoms with Crippen molar-refractivity contribution in [2.45, 2.75) is 33.4 Å². The number of carbonyl (C=O) groups excluding carboxylic acids is 2. The Balaban J connectivity index is 1.49. The fraction of sp³-hybridized carbons (Fsp3) is 0.214. The molecule has 0 saturated heterocycles. The lowest BCUT2D eigenvalue weighted by Crippen LogP contribution is -2.16. The van der Waals surface area contributed by atoms with Gasteiger partial charge >= 0.3 is 0 Å². The van der Waals surface area contributed by atoms with Gasteiger partial charge in [0.2, 0.25) is 0 Å². The number of amides is 2. The number of carbonyl (C=O) groups is 2. The van der Waals surface area contributed by atoms with Gasteiger partial charge in [-0.1, -0.05) is 0 Å². The van der Waals surface area contributed by atoms with Crippen LogP contribution in [0.5, 0.6) is 11.5 Å². The van der Waals surface area contributed by atoms with Gasteiger partial charge in [-0.3, -0.25) is 14.3 Å². The number of anilines is 1. The average molecular weight is 582 g/mol. The van der Waals surface area contributed by atoms with E-state index < -0.39 is 23.9 Å². The van der Waals surface area contributed by atoms with Crippen LogP contribution >= 0.6 is 11.3 Å². The molecule has 2 amide bonds. The van der Waals surface area contributed by atoms with Gasteiger partial charge in [0.15, 0.2) is 5.76 Å². The van der Waals surface area contributed by atoms with Crippen LogP contribution in [-0.4, -0.2) is 33.7 Å². The van der Waals surface area contributed by atoms with Gasteiger partial charge in [0.05, 0.1) is 18.5 Å². The zero-order valence-electron chi connectivity index (χ0n) is 22.2. The summed E-state index contributed by atoms with van der Waals surface area (Å²) in [5, 5.41) is 7.42. The minimum absolute atomic E-state index is 0.0383. The van der Waals surface area contributed by atoms with E-state index in [1.807, 2.05) is 6.92 Å². The number of fused-ring (bicyclic) bond motifs is 1. The molecule has 41 heavy (non-hydrogen) atoms. The number of rotatable bonds is 10. The molecule has 0 aliphatic heterocycles. The summed E-state index contributed by atoms with van der Waals surface area (Å²) in [5.74, 6) is 0.0665. The Morgan fingerprint density at radius 3 is 2.51 bits per heavy atom. The van der Waals surface area contributed by atoms with Crippen molar-refractivity contribution in [2.24, 2.45) is 5.73 Å². The van der Waals surface area contributed by atoms with Crippen LogP contribution in [0.4, 0.5) is 14.5 Å². The molecule has 0 atom stereocenters. The number of hydrogen-bond donors (Lipinski definition) is 2. The minimum atomic E-state index is -2.86. The van der Waals surface area contributed by atoms with Crippen molar-refractivity contribution in [1.82, 2.24) is 14.8 Å². The van der Waals surface area contributed by atoms with Crippen LogP contribution in [0.25, 0.3) is 21.3 Å². The summed E-state index contributed by atoms with van der Waals surface area (Å²) < 4.78 is 45.8. The van der Waals surface area contributed by atoms with Crippen LogP contribution in [-0.2, 0) is 13.2 Å². The summed E-state index contributed by atoms with van der Waals surface area (Å²) in [6, 6.07) is 11.3. The van der Waals surface area contributed by atoms with Crippen molar-refractivity contribution < 1.29 is 32.3 Å². The second kappa shape index (κ2) is 11.4. The summed E-state index contributed by atoms with van der Waals surface area (Å²) >= 11 is 0.821. The highest BCUT2D eigenvalue weighted by atomic mass is 32.1. The predicted octanol–water partition coefficient (Wildman–Crippen LogP) is 5.96. The fourth-order valence-electron chi connectivity index (χ4n) is 4.26. The summed E-state index contributed by atoms with van der Waals surface area (Å²) in [6.45, 7) is 4.25. The second-order valence-electron chi connectivity index (χ2n) is 8.91. The van der Waals surface area contributed by atoms with Crippen LogP contribution in [0.1, 0.15) is 50.7 Å². The molecule has 5 rings (SSSR count). The maximum absolute atomic E-state index is 13.8. The number of ether oxygens (including phenoxy) is 2. The van der Waals surface area contributed by atoms with Crippen molar-refractivity contribution in [3.63, 3.8) is 0 Å². The highest BCUT2D eigenvalue weighted by Crippen LogP contribution is 2.43. The predicted molar refractivity (Wildman–Crippen MR) is 149 cm³/mol. The number of nitrogens with one attached hydrogen (secondary N) is 1. The third-order valence-electron chi connectivity index (χ3n) is 6.25. The molecule has 3 N–H and O–H groups in total. The normalized spacial score (nSPS) is 11.3. The molecule has 0 bridgehead atoms. The van der Waals surface area contributed by atoms with Gasteiger partial charge in [0.1, 0.15) is 39.3 Å². The molecule has 4 heterocycles. The Bertz CT molecular complexity index is 1740. The Kier molecular flexibility index (Phi) is 7.70. The minimum Gasteiger partial charge on any atom is -0.497 e. The summed E-state index contributed by atoms with van der Waals surface area (Å²) in [4.78, 5) is 29.8. The summed E-state index contributed by atoms with van der Waals surface area (Å²) in [7, 11) is 1.57. The number of halogens is 2. The zero-order valence-corrected chi connectivity index (χ0v) is 23.1. The number of furan rings is 1. The first-order valence-corrected chi connectivity index (χ1v) is 13.3. The molecule has 0 saturated carbocycles. The number of primary amides is 1. The zero-order chi connectivity index (χ0) is 29.3. The van der Waals surface area contributed by atoms with E-state index in [9.17, 15) is 18.4 Å². The standard InChI is InChI=1S/C28H25F2N5O5S/c1-4-35-12-19(14(2)34-35)18-11-20(25(29)30)32-28-22(18)23(24(41-28)26(31)36)33-27(37)21-10-9-17(40-21)13-39-16-7-5-15(38-3)6-8-16/h5-12,25H,4,13H2,1-3H3,(H2,31,36)(H,33,37). The number of methoxy groups -OCH3 is 1. The van der Waals surface area contributed by atoms with E-state index in [2.05, 4.69) is 15.4 Å². The maximum atomic E-state index is 13.8. The molecule has 4 aromatic heterocycles. The van der Waals surface area contributed by atoms with Crippen LogP contribution in [0.15, 0.2) is 53.1 Å². The first-order chi connectivity index (χ1) is 19.7. The summed E-state index contributed by atoms with van der Waals surface area (Å²) in [6.07, 6.45) is -1.15. The lowest BCUT2D eigenvalue weighted by Gasteiger charge is -2.10. The summed E-state index contributed by atoms with van der Waals surface area (Å²) in [5.41, 5.74) is 6.70. The number of hydrogen-bond acceptors (Lipinski definition) is 8. The number of benzene rings is 1. The van der Waals surface area contributed by atoms with Crippen molar-refractivity contribution in [3.05, 3.63) is 76.4 Å². The fourth-order valence-corrected chi connectivity index (χ4v) is 5.27. The van der Waals surface area contributed by atoms with Crippen LogP contribution in [0.2, 0.25) is 0 Å². The van der Waals surface area contributed by atoms with Gasteiger partial charge in [-0.05, 0) is 61.9 Å². The van der Waals surface area contributed by atoms with Crippen molar-refractivity contribution in [1.29, 1.82) is 0 Å². The van der Waals surface area contributed by atoms with Gasteiger partial charge in [0.25, 0.3) is 18.2 Å². The molecular formula is C28H25F2N5O5S. The molecule has 10 nitrogen and oxygen atoms in total. The van der Waals surface area contributed by atoms with E-state index in [0.717, 1.165) is 11.3 Å². The van der Waals surface area contributed by atoms with E-state index in [-0.39, 0.29) is 27.8 Å². The number of aromatic nitrogens is 3. The van der Waals surface area contributed by atoms with E-state index in [1.165, 1.54) is 12.1 Å². The Morgan fingerprint density at radius 1 is 1.15 bits per heavy atom. The largest absolute Gasteiger partial charge is 0.497 e. The first kappa shape index (κ1) is 27.8. The number of alkyl halides is 2. The van der Waals surface area contributed by atoms with Crippen LogP contribution < -0.4 is 20.5 Å². The third-order valence-corrected chi connectivity index (χ3v) is 7.35. The van der Waals surface area contributed by atoms with Crippen molar-refractivity contribution in [2.75, 3.05) is 12.4 Å². The monoisotopic (exact) mass is 581 g/mol. The van der Waals surface area contributed by atoms with E-state index in [4.69, 9.17) is 19.6 Å². The van der Waals surface area contributed by atoms with E-state index in [1.54, 1.807) is 55.2 Å². The van der Waals surface area contributed by atoms with E-state index >= 15 is 0 Å². The molecule has 0 unspecified atom stereocenters. The van der Waals surface area contributed by atoms with Gasteiger partial charge in [-0.2, -0.15) is 5.10 Å². The Labute approximate surface area is 236 Å². The lowest BCUT2D eigenvalue weighted by molar-refractivity contribution is 0.0992. The first-order valence-electron chi connectivity index (χ1n) is 12.4. The smallest absolute Gasteiger partial charge is 0.291 e. The maximum Gasteiger partial charge on any atom is 0.291 e. The number of aryl methyl sites for hydroxylation is 2. The quantitative estimate of drug-likeness (QED) is 0.208. The molecule has 13 heteroatoms. The van der Waals surface area contributed by atoms with Crippen molar-refractivity contribution >= 4 is 39.1 Å². The van der Waals surface area contributed by atoms with Gasteiger partial charge in [-0.15, -0.1) is 11.3 Å². The molecule has 212 valence electrons. The molecular weight excluding hydrogens is 556 g/mol.